The average molecular weight is 306 g/mol. The van der Waals surface area contributed by atoms with E-state index < -0.39 is 11.7 Å². The number of halogens is 3. The second-order valence-electron chi connectivity index (χ2n) is 4.48. The van der Waals surface area contributed by atoms with E-state index in [-0.39, 0.29) is 28.4 Å². The van der Waals surface area contributed by atoms with E-state index in [4.69, 9.17) is 4.74 Å². The molecule has 0 saturated heterocycles. The van der Waals surface area contributed by atoms with Gasteiger partial charge in [0, 0.05) is 0 Å². The lowest BCUT2D eigenvalue weighted by Crippen LogP contribution is -2.04. The third-order valence-electron chi connectivity index (χ3n) is 2.93. The summed E-state index contributed by atoms with van der Waals surface area (Å²) in [5.41, 5.74) is -0.413. The quantitative estimate of drug-likeness (QED) is 0.773. The second kappa shape index (κ2) is 5.18. The topological polar surface area (TPSA) is 55.2 Å². The molecule has 0 fully saturated rings. The Kier molecular flexibility index (Phi) is 3.32. The smallest absolute Gasteiger partial charge is 0.416 e. The lowest BCUT2D eigenvalue weighted by atomic mass is 10.2. The van der Waals surface area contributed by atoms with Crippen molar-refractivity contribution in [3.05, 3.63) is 54.2 Å². The van der Waals surface area contributed by atoms with Crippen LogP contribution in [-0.4, -0.2) is 15.1 Å². The maximum absolute atomic E-state index is 12.6. The first-order chi connectivity index (χ1) is 10.4. The van der Waals surface area contributed by atoms with Gasteiger partial charge in [0.1, 0.15) is 0 Å². The zero-order chi connectivity index (χ0) is 15.7. The third-order valence-corrected chi connectivity index (χ3v) is 2.93. The Hall–Kier alpha value is -2.83. The van der Waals surface area contributed by atoms with Crippen molar-refractivity contribution in [1.82, 2.24) is 9.97 Å². The molecule has 112 valence electrons. The minimum absolute atomic E-state index is 0.0724. The number of rotatable bonds is 2. The first-order valence-corrected chi connectivity index (χ1v) is 6.23. The number of ether oxygens (including phenoxy) is 1. The van der Waals surface area contributed by atoms with Crippen LogP contribution in [0.1, 0.15) is 5.56 Å². The van der Waals surface area contributed by atoms with Crippen LogP contribution in [0.2, 0.25) is 0 Å². The Bertz CT molecular complexity index is 834. The van der Waals surface area contributed by atoms with Gasteiger partial charge in [-0.05, 0) is 30.3 Å². The van der Waals surface area contributed by atoms with Crippen LogP contribution in [0.4, 0.5) is 13.2 Å². The number of phenols is 1. The van der Waals surface area contributed by atoms with Crippen molar-refractivity contribution < 1.29 is 23.0 Å². The van der Waals surface area contributed by atoms with Gasteiger partial charge in [0.2, 0.25) is 5.88 Å². The van der Waals surface area contributed by atoms with Gasteiger partial charge >= 0.3 is 6.18 Å². The highest BCUT2D eigenvalue weighted by atomic mass is 19.4. The lowest BCUT2D eigenvalue weighted by molar-refractivity contribution is -0.137. The van der Waals surface area contributed by atoms with E-state index in [2.05, 4.69) is 9.97 Å². The molecule has 2 aromatic carbocycles. The molecule has 0 saturated carbocycles. The van der Waals surface area contributed by atoms with Gasteiger partial charge in [0.05, 0.1) is 22.8 Å². The monoisotopic (exact) mass is 306 g/mol. The van der Waals surface area contributed by atoms with Crippen LogP contribution in [0, 0.1) is 0 Å². The van der Waals surface area contributed by atoms with Gasteiger partial charge in [-0.25, -0.2) is 9.97 Å². The van der Waals surface area contributed by atoms with E-state index >= 15 is 0 Å². The van der Waals surface area contributed by atoms with Crippen LogP contribution in [0.25, 0.3) is 11.0 Å². The van der Waals surface area contributed by atoms with Crippen molar-refractivity contribution in [2.75, 3.05) is 0 Å². The fourth-order valence-electron chi connectivity index (χ4n) is 1.88. The zero-order valence-electron chi connectivity index (χ0n) is 11.0. The minimum Gasteiger partial charge on any atom is -0.504 e. The van der Waals surface area contributed by atoms with Gasteiger partial charge in [-0.3, -0.25) is 0 Å². The molecule has 0 radical (unpaired) electrons. The molecule has 3 rings (SSSR count). The summed E-state index contributed by atoms with van der Waals surface area (Å²) in [5, 5.41) is 9.61. The van der Waals surface area contributed by atoms with Crippen LogP contribution in [0.5, 0.6) is 17.4 Å². The van der Waals surface area contributed by atoms with Crippen LogP contribution < -0.4 is 4.74 Å². The van der Waals surface area contributed by atoms with Crippen molar-refractivity contribution in [1.29, 1.82) is 0 Å². The summed E-state index contributed by atoms with van der Waals surface area (Å²) in [5.74, 6) is 0.189. The van der Waals surface area contributed by atoms with Gasteiger partial charge < -0.3 is 9.84 Å². The fourth-order valence-corrected chi connectivity index (χ4v) is 1.88. The molecular formula is C15H9F3N2O2. The molecule has 22 heavy (non-hydrogen) atoms. The number of aromatic hydroxyl groups is 1. The second-order valence-corrected chi connectivity index (χ2v) is 4.48. The standard InChI is InChI=1S/C15H9F3N2O2/c16-15(17,18)9-5-6-10-11(7-9)19-8-14(20-10)22-13-4-2-1-3-12(13)21/h1-8,21H. The Morgan fingerprint density at radius 3 is 2.50 bits per heavy atom. The molecule has 0 bridgehead atoms. The molecule has 7 heteroatoms. The van der Waals surface area contributed by atoms with Gasteiger partial charge in [-0.15, -0.1) is 0 Å². The number of fused-ring (bicyclic) bond motifs is 1. The van der Waals surface area contributed by atoms with Crippen molar-refractivity contribution >= 4 is 11.0 Å². The number of hydrogen-bond donors (Lipinski definition) is 1. The Balaban J connectivity index is 1.95. The largest absolute Gasteiger partial charge is 0.504 e. The fraction of sp³-hybridized carbons (Fsp3) is 0.0667. The first kappa shape index (κ1) is 14.1. The van der Waals surface area contributed by atoms with Gasteiger partial charge in [0.15, 0.2) is 11.5 Å². The summed E-state index contributed by atoms with van der Waals surface area (Å²) >= 11 is 0. The Morgan fingerprint density at radius 2 is 1.77 bits per heavy atom. The number of alkyl halides is 3. The van der Waals surface area contributed by atoms with Crippen molar-refractivity contribution in [3.63, 3.8) is 0 Å². The number of phenolic OH excluding ortho intramolecular Hbond substituents is 1. The summed E-state index contributed by atoms with van der Waals surface area (Å²) in [6.45, 7) is 0. The van der Waals surface area contributed by atoms with Gasteiger partial charge in [-0.2, -0.15) is 13.2 Å². The molecule has 1 aromatic heterocycles. The summed E-state index contributed by atoms with van der Waals surface area (Å²) in [4.78, 5) is 7.98. The van der Waals surface area contributed by atoms with Crippen LogP contribution >= 0.6 is 0 Å². The van der Waals surface area contributed by atoms with Crippen LogP contribution in [-0.2, 0) is 6.18 Å². The SMILES string of the molecule is Oc1ccccc1Oc1cnc2cc(C(F)(F)F)ccc2n1. The summed E-state index contributed by atoms with van der Waals surface area (Å²) in [6.07, 6.45) is -3.23. The van der Waals surface area contributed by atoms with Crippen LogP contribution in [0.15, 0.2) is 48.7 Å². The van der Waals surface area contributed by atoms with E-state index in [0.717, 1.165) is 12.1 Å². The highest BCUT2D eigenvalue weighted by Gasteiger charge is 2.30. The molecule has 3 aromatic rings. The molecular weight excluding hydrogens is 297 g/mol. The molecule has 4 nitrogen and oxygen atoms in total. The molecule has 1 heterocycles. The van der Waals surface area contributed by atoms with Crippen molar-refractivity contribution in [2.24, 2.45) is 0 Å². The van der Waals surface area contributed by atoms with Crippen molar-refractivity contribution in [2.45, 2.75) is 6.18 Å². The van der Waals surface area contributed by atoms with Crippen molar-refractivity contribution in [3.8, 4) is 17.4 Å². The summed E-state index contributed by atoms with van der Waals surface area (Å²) in [7, 11) is 0. The molecule has 0 unspecified atom stereocenters. The molecule has 0 aliphatic carbocycles. The minimum atomic E-state index is -4.43. The molecule has 0 spiro atoms. The number of aromatic nitrogens is 2. The average Bonchev–Trinajstić information content (AvgIpc) is 2.48. The maximum atomic E-state index is 12.6. The summed E-state index contributed by atoms with van der Waals surface area (Å²) in [6, 6.07) is 9.36. The van der Waals surface area contributed by atoms with Crippen LogP contribution in [0.3, 0.4) is 0 Å². The number of hydrogen-bond acceptors (Lipinski definition) is 4. The van der Waals surface area contributed by atoms with E-state index in [1.165, 1.54) is 24.4 Å². The molecule has 1 N–H and O–H groups in total. The Labute approximate surface area is 122 Å². The first-order valence-electron chi connectivity index (χ1n) is 6.23. The summed E-state index contributed by atoms with van der Waals surface area (Å²) < 4.78 is 43.2. The number of nitrogens with zero attached hydrogens (tertiary/aromatic N) is 2. The molecule has 0 aliphatic rings. The molecule has 0 atom stereocenters. The maximum Gasteiger partial charge on any atom is 0.416 e. The normalized spacial score (nSPS) is 11.6. The third kappa shape index (κ3) is 2.78. The zero-order valence-corrected chi connectivity index (χ0v) is 11.0. The van der Waals surface area contributed by atoms with Gasteiger partial charge in [0.25, 0.3) is 0 Å². The molecule has 0 aliphatic heterocycles. The molecule has 0 amide bonds. The van der Waals surface area contributed by atoms with E-state index in [0.29, 0.717) is 0 Å². The number of para-hydroxylation sites is 2. The predicted molar refractivity (Wildman–Crippen MR) is 72.7 cm³/mol. The highest BCUT2D eigenvalue weighted by Crippen LogP contribution is 2.32. The highest BCUT2D eigenvalue weighted by molar-refractivity contribution is 5.75. The predicted octanol–water partition coefficient (Wildman–Crippen LogP) is 4.15. The number of benzene rings is 2. The van der Waals surface area contributed by atoms with E-state index in [1.807, 2.05) is 0 Å². The van der Waals surface area contributed by atoms with E-state index in [9.17, 15) is 18.3 Å². The van der Waals surface area contributed by atoms with E-state index in [1.54, 1.807) is 12.1 Å². The lowest BCUT2D eigenvalue weighted by Gasteiger charge is -2.09. The Morgan fingerprint density at radius 1 is 1.00 bits per heavy atom. The van der Waals surface area contributed by atoms with Gasteiger partial charge in [-0.1, -0.05) is 12.1 Å².